The highest BCUT2D eigenvalue weighted by Crippen LogP contribution is 2.25. The maximum Gasteiger partial charge on any atom is 0.342 e. The topological polar surface area (TPSA) is 65.1 Å². The molecule has 0 radical (unpaired) electrons. The maximum absolute atomic E-state index is 12.9. The van der Waals surface area contributed by atoms with E-state index in [4.69, 9.17) is 14.2 Å². The molecule has 0 spiro atoms. The van der Waals surface area contributed by atoms with Gasteiger partial charge in [0.2, 0.25) is 0 Å². The summed E-state index contributed by atoms with van der Waals surface area (Å²) in [5.41, 5.74) is 0.965. The van der Waals surface area contributed by atoms with Crippen LogP contribution < -0.4 is 9.47 Å². The average Bonchev–Trinajstić information content (AvgIpc) is 2.66. The summed E-state index contributed by atoms with van der Waals surface area (Å²) in [5.74, 6) is -0.566. The number of ether oxygens (including phenoxy) is 3. The normalized spacial score (nSPS) is 10.2. The zero-order valence-electron chi connectivity index (χ0n) is 14.8. The molecule has 0 aliphatic heterocycles. The van der Waals surface area contributed by atoms with Gasteiger partial charge >= 0.3 is 5.97 Å². The SMILES string of the molecule is COc1ccc(C(=O)OCC(=O)N(C)Cc2ccc(F)cc2)c(OC)c1. The maximum atomic E-state index is 12.9. The molecule has 0 aromatic heterocycles. The molecule has 0 atom stereocenters. The summed E-state index contributed by atoms with van der Waals surface area (Å²) in [7, 11) is 4.50. The van der Waals surface area contributed by atoms with E-state index in [1.54, 1.807) is 31.3 Å². The van der Waals surface area contributed by atoms with Gasteiger partial charge in [-0.2, -0.15) is 0 Å². The molecule has 7 heteroatoms. The summed E-state index contributed by atoms with van der Waals surface area (Å²) in [4.78, 5) is 25.7. The van der Waals surface area contributed by atoms with E-state index in [0.29, 0.717) is 11.5 Å². The van der Waals surface area contributed by atoms with Gasteiger partial charge in [-0.3, -0.25) is 4.79 Å². The van der Waals surface area contributed by atoms with E-state index in [1.165, 1.54) is 37.3 Å². The Kier molecular flexibility index (Phi) is 6.54. The van der Waals surface area contributed by atoms with Crippen LogP contribution in [-0.2, 0) is 16.1 Å². The zero-order chi connectivity index (χ0) is 19.1. The van der Waals surface area contributed by atoms with Crippen LogP contribution in [0.2, 0.25) is 0 Å². The lowest BCUT2D eigenvalue weighted by molar-refractivity contribution is -0.133. The predicted molar refractivity (Wildman–Crippen MR) is 92.7 cm³/mol. The Labute approximate surface area is 151 Å². The molecule has 26 heavy (non-hydrogen) atoms. The van der Waals surface area contributed by atoms with E-state index in [1.807, 2.05) is 0 Å². The third kappa shape index (κ3) is 4.95. The number of amides is 1. The number of benzene rings is 2. The fourth-order valence-corrected chi connectivity index (χ4v) is 2.23. The second-order valence-corrected chi connectivity index (χ2v) is 5.52. The molecule has 0 fully saturated rings. The average molecular weight is 361 g/mol. The number of esters is 1. The molecule has 1 amide bonds. The molecule has 0 heterocycles. The quantitative estimate of drug-likeness (QED) is 0.710. The van der Waals surface area contributed by atoms with Gasteiger partial charge in [0.1, 0.15) is 22.9 Å². The Hall–Kier alpha value is -3.09. The molecule has 2 aromatic rings. The molecular weight excluding hydrogens is 341 g/mol. The number of nitrogens with zero attached hydrogens (tertiary/aromatic N) is 1. The lowest BCUT2D eigenvalue weighted by Crippen LogP contribution is -2.30. The minimum absolute atomic E-state index is 0.197. The number of carbonyl (C=O) groups is 2. The summed E-state index contributed by atoms with van der Waals surface area (Å²) in [6, 6.07) is 10.5. The van der Waals surface area contributed by atoms with Crippen molar-refractivity contribution in [2.45, 2.75) is 6.54 Å². The lowest BCUT2D eigenvalue weighted by Gasteiger charge is -2.17. The summed E-state index contributed by atoms with van der Waals surface area (Å²) in [6.07, 6.45) is 0. The fraction of sp³-hybridized carbons (Fsp3) is 0.263. The standard InChI is InChI=1S/C19H20FNO5/c1-21(11-13-4-6-14(20)7-5-13)18(22)12-26-19(23)16-9-8-15(24-2)10-17(16)25-3/h4-10H,11-12H2,1-3H3. The highest BCUT2D eigenvalue weighted by atomic mass is 19.1. The molecule has 0 saturated carbocycles. The second-order valence-electron chi connectivity index (χ2n) is 5.52. The van der Waals surface area contributed by atoms with Crippen LogP contribution in [0.4, 0.5) is 4.39 Å². The van der Waals surface area contributed by atoms with Gasteiger partial charge in [-0.25, -0.2) is 9.18 Å². The molecule has 138 valence electrons. The third-order valence-corrected chi connectivity index (χ3v) is 3.71. The van der Waals surface area contributed by atoms with Crippen LogP contribution in [0.1, 0.15) is 15.9 Å². The number of halogens is 1. The monoisotopic (exact) mass is 361 g/mol. The van der Waals surface area contributed by atoms with Crippen molar-refractivity contribution >= 4 is 11.9 Å². The Morgan fingerprint density at radius 3 is 2.35 bits per heavy atom. The van der Waals surface area contributed by atoms with Crippen LogP contribution in [0.25, 0.3) is 0 Å². The van der Waals surface area contributed by atoms with Crippen molar-refractivity contribution in [3.8, 4) is 11.5 Å². The number of likely N-dealkylation sites (N-methyl/N-ethyl adjacent to an activating group) is 1. The van der Waals surface area contributed by atoms with E-state index in [-0.39, 0.29) is 23.8 Å². The van der Waals surface area contributed by atoms with Crippen molar-refractivity contribution in [2.24, 2.45) is 0 Å². The smallest absolute Gasteiger partial charge is 0.342 e. The molecular formula is C19H20FNO5. The molecule has 0 N–H and O–H groups in total. The van der Waals surface area contributed by atoms with Crippen LogP contribution in [0.5, 0.6) is 11.5 Å². The largest absolute Gasteiger partial charge is 0.497 e. The van der Waals surface area contributed by atoms with Gasteiger partial charge in [0.15, 0.2) is 6.61 Å². The van der Waals surface area contributed by atoms with E-state index in [2.05, 4.69) is 0 Å². The molecule has 2 rings (SSSR count). The first-order chi connectivity index (χ1) is 12.4. The van der Waals surface area contributed by atoms with Crippen LogP contribution in [0.3, 0.4) is 0 Å². The van der Waals surface area contributed by atoms with Crippen molar-refractivity contribution in [3.05, 3.63) is 59.4 Å². The van der Waals surface area contributed by atoms with Crippen LogP contribution in [0, 0.1) is 5.82 Å². The Balaban J connectivity index is 1.93. The molecule has 6 nitrogen and oxygen atoms in total. The first-order valence-corrected chi connectivity index (χ1v) is 7.82. The summed E-state index contributed by atoms with van der Waals surface area (Å²) in [5, 5.41) is 0. The lowest BCUT2D eigenvalue weighted by atomic mass is 10.2. The molecule has 0 bridgehead atoms. The number of rotatable bonds is 7. The summed E-state index contributed by atoms with van der Waals surface area (Å²) in [6.45, 7) is -0.131. The van der Waals surface area contributed by atoms with E-state index >= 15 is 0 Å². The number of carbonyl (C=O) groups excluding carboxylic acids is 2. The van der Waals surface area contributed by atoms with Crippen LogP contribution in [-0.4, -0.2) is 44.7 Å². The van der Waals surface area contributed by atoms with Crippen molar-refractivity contribution in [3.63, 3.8) is 0 Å². The number of hydrogen-bond acceptors (Lipinski definition) is 5. The van der Waals surface area contributed by atoms with Gasteiger partial charge in [-0.05, 0) is 29.8 Å². The van der Waals surface area contributed by atoms with Gasteiger partial charge in [-0.15, -0.1) is 0 Å². The van der Waals surface area contributed by atoms with Gasteiger partial charge in [0.05, 0.1) is 14.2 Å². The van der Waals surface area contributed by atoms with Crippen molar-refractivity contribution < 1.29 is 28.2 Å². The Morgan fingerprint density at radius 2 is 1.73 bits per heavy atom. The van der Waals surface area contributed by atoms with Crippen molar-refractivity contribution in [1.29, 1.82) is 0 Å². The van der Waals surface area contributed by atoms with Crippen molar-refractivity contribution in [1.82, 2.24) is 4.90 Å². The minimum Gasteiger partial charge on any atom is -0.497 e. The van der Waals surface area contributed by atoms with E-state index in [0.717, 1.165) is 5.56 Å². The van der Waals surface area contributed by atoms with Crippen LogP contribution >= 0.6 is 0 Å². The Bertz CT molecular complexity index is 776. The second kappa shape index (κ2) is 8.84. The van der Waals surface area contributed by atoms with E-state index < -0.39 is 12.6 Å². The molecule has 0 aliphatic carbocycles. The van der Waals surface area contributed by atoms with Gasteiger partial charge < -0.3 is 19.1 Å². The van der Waals surface area contributed by atoms with Gasteiger partial charge in [0, 0.05) is 19.7 Å². The first-order valence-electron chi connectivity index (χ1n) is 7.82. The molecule has 0 aliphatic rings. The highest BCUT2D eigenvalue weighted by molar-refractivity contribution is 5.94. The van der Waals surface area contributed by atoms with Gasteiger partial charge in [-0.1, -0.05) is 12.1 Å². The number of methoxy groups -OCH3 is 2. The molecule has 2 aromatic carbocycles. The highest BCUT2D eigenvalue weighted by Gasteiger charge is 2.18. The van der Waals surface area contributed by atoms with Crippen LogP contribution in [0.15, 0.2) is 42.5 Å². The summed E-state index contributed by atoms with van der Waals surface area (Å²) < 4.78 is 28.2. The number of hydrogen-bond donors (Lipinski definition) is 0. The molecule has 0 saturated heterocycles. The third-order valence-electron chi connectivity index (χ3n) is 3.71. The fourth-order valence-electron chi connectivity index (χ4n) is 2.23. The van der Waals surface area contributed by atoms with Crippen molar-refractivity contribution in [2.75, 3.05) is 27.9 Å². The van der Waals surface area contributed by atoms with E-state index in [9.17, 15) is 14.0 Å². The zero-order valence-corrected chi connectivity index (χ0v) is 14.8. The summed E-state index contributed by atoms with van der Waals surface area (Å²) >= 11 is 0. The Morgan fingerprint density at radius 1 is 1.04 bits per heavy atom. The molecule has 0 unspecified atom stereocenters. The minimum atomic E-state index is -0.673. The predicted octanol–water partition coefficient (Wildman–Crippen LogP) is 2.66. The first kappa shape index (κ1) is 19.2. The van der Waals surface area contributed by atoms with Gasteiger partial charge in [0.25, 0.3) is 5.91 Å².